The molecule has 0 N–H and O–H groups in total. The van der Waals surface area contributed by atoms with Crippen LogP contribution in [0.4, 0.5) is 0 Å². The monoisotopic (exact) mass is 288 g/mol. The average molecular weight is 287 g/mol. The van der Waals surface area contributed by atoms with Gasteiger partial charge in [-0.1, -0.05) is 0 Å². The van der Waals surface area contributed by atoms with Crippen LogP contribution in [0.3, 0.4) is 0 Å². The van der Waals surface area contributed by atoms with Crippen molar-refractivity contribution in [2.45, 2.75) is 37.2 Å². The molecule has 0 bridgehead atoms. The van der Waals surface area contributed by atoms with Gasteiger partial charge >= 0.3 is 68.5 Å². The third kappa shape index (κ3) is 5.41. The molecule has 0 nitrogen and oxygen atoms in total. The molecule has 50 valence electrons. The maximum absolute atomic E-state index is 2.73. The fraction of sp³-hybridized carbons (Fsp3) is 1.00. The second kappa shape index (κ2) is 6.39. The Morgan fingerprint density at radius 1 is 1.12 bits per heavy atom. The fourth-order valence-electron chi connectivity index (χ4n) is 0.771. The van der Waals surface area contributed by atoms with Gasteiger partial charge in [0.05, 0.1) is 0 Å². The van der Waals surface area contributed by atoms with E-state index in [4.69, 9.17) is 0 Å². The Balaban J connectivity index is 2.92. The van der Waals surface area contributed by atoms with E-state index in [1.54, 1.807) is 10.5 Å². The molecule has 0 saturated carbocycles. The average Bonchev–Trinajstić information content (AvgIpc) is 1.68. The second-order valence-electron chi connectivity index (χ2n) is 2.17. The van der Waals surface area contributed by atoms with Gasteiger partial charge in [0, 0.05) is 0 Å². The Kier molecular flexibility index (Phi) is 7.41. The number of hydrogen-bond acceptors (Lipinski definition) is 0. The minimum atomic E-state index is -0.640. The van der Waals surface area contributed by atoms with E-state index < -0.39 is 11.0 Å². The van der Waals surface area contributed by atoms with Crippen LogP contribution in [0.2, 0.25) is 10.5 Å². The van der Waals surface area contributed by atoms with Gasteiger partial charge in [-0.3, -0.25) is 0 Å². The van der Waals surface area contributed by atoms with E-state index in [9.17, 15) is 0 Å². The van der Waals surface area contributed by atoms with E-state index in [1.165, 1.54) is 12.8 Å². The predicted molar refractivity (Wildman–Crippen MR) is 51.4 cm³/mol. The van der Waals surface area contributed by atoms with Crippen LogP contribution in [-0.4, -0.2) is 11.0 Å². The summed E-state index contributed by atoms with van der Waals surface area (Å²) in [6.45, 7) is 4.60. The zero-order valence-electron chi connectivity index (χ0n) is 5.78. The van der Waals surface area contributed by atoms with E-state index in [1.807, 2.05) is 0 Å². The summed E-state index contributed by atoms with van der Waals surface area (Å²) in [4.78, 5) is 0. The first-order valence-electron chi connectivity index (χ1n) is 3.45. The van der Waals surface area contributed by atoms with Crippen LogP contribution in [0, 0.1) is 0 Å². The van der Waals surface area contributed by atoms with Gasteiger partial charge in [-0.05, 0) is 0 Å². The summed E-state index contributed by atoms with van der Waals surface area (Å²) < 4.78 is 0. The van der Waals surface area contributed by atoms with Crippen molar-refractivity contribution in [2.24, 2.45) is 0 Å². The van der Waals surface area contributed by atoms with Crippen molar-refractivity contribution in [3.63, 3.8) is 0 Å². The molecule has 0 heterocycles. The van der Waals surface area contributed by atoms with Crippen LogP contribution in [-0.2, 0) is 0 Å². The summed E-state index contributed by atoms with van der Waals surface area (Å²) in [6, 6.07) is 0. The Labute approximate surface area is 68.2 Å². The molecular formula is C6H15GeI. The first-order chi connectivity index (χ1) is 3.81. The summed E-state index contributed by atoms with van der Waals surface area (Å²) in [5.41, 5.74) is 0. The van der Waals surface area contributed by atoms with Gasteiger partial charge in [-0.15, -0.1) is 0 Å². The maximum atomic E-state index is 2.73. The molecule has 0 atom stereocenters. The topological polar surface area (TPSA) is 0 Å². The third-order valence-electron chi connectivity index (χ3n) is 1.20. The number of hydrogen-bond donors (Lipinski definition) is 0. The van der Waals surface area contributed by atoms with Crippen LogP contribution in [0.1, 0.15) is 26.7 Å². The van der Waals surface area contributed by atoms with Crippen molar-refractivity contribution >= 4 is 31.3 Å². The van der Waals surface area contributed by atoms with E-state index in [0.717, 1.165) is 0 Å². The van der Waals surface area contributed by atoms with Crippen LogP contribution in [0.15, 0.2) is 0 Å². The molecule has 0 saturated heterocycles. The molecule has 2 heteroatoms. The predicted octanol–water partition coefficient (Wildman–Crippen LogP) is 2.97. The Morgan fingerprint density at radius 2 is 1.50 bits per heavy atom. The van der Waals surface area contributed by atoms with Crippen molar-refractivity contribution in [2.75, 3.05) is 0 Å². The second-order valence-corrected chi connectivity index (χ2v) is 16.3. The van der Waals surface area contributed by atoms with Crippen molar-refractivity contribution in [3.05, 3.63) is 0 Å². The molecule has 0 aliphatic carbocycles. The summed E-state index contributed by atoms with van der Waals surface area (Å²) >= 11 is 2.09. The fourth-order valence-corrected chi connectivity index (χ4v) is 10.5. The van der Waals surface area contributed by atoms with Gasteiger partial charge in [-0.25, -0.2) is 0 Å². The Bertz CT molecular complexity index is 41.8. The first kappa shape index (κ1) is 9.27. The van der Waals surface area contributed by atoms with Gasteiger partial charge in [-0.2, -0.15) is 0 Å². The van der Waals surface area contributed by atoms with E-state index in [-0.39, 0.29) is 0 Å². The van der Waals surface area contributed by atoms with Crippen LogP contribution >= 0.6 is 20.2 Å². The van der Waals surface area contributed by atoms with Gasteiger partial charge in [0.1, 0.15) is 0 Å². The molecule has 0 amide bonds. The zero-order chi connectivity index (χ0) is 6.41. The third-order valence-corrected chi connectivity index (χ3v) is 12.7. The van der Waals surface area contributed by atoms with Crippen LogP contribution in [0.25, 0.3) is 0 Å². The van der Waals surface area contributed by atoms with Crippen molar-refractivity contribution < 1.29 is 0 Å². The standard InChI is InChI=1S/C6H15GeI/c1-3-5-7(8)6-4-2/h7H,3-6H2,1-2H3. The zero-order valence-corrected chi connectivity index (χ0v) is 10.4. The van der Waals surface area contributed by atoms with E-state index in [0.29, 0.717) is 0 Å². The van der Waals surface area contributed by atoms with Gasteiger partial charge in [0.15, 0.2) is 0 Å². The molecule has 0 aliphatic heterocycles. The van der Waals surface area contributed by atoms with Crippen molar-refractivity contribution in [1.29, 1.82) is 0 Å². The Hall–Kier alpha value is 1.27. The van der Waals surface area contributed by atoms with Gasteiger partial charge in [0.2, 0.25) is 0 Å². The number of halogens is 1. The molecule has 0 aromatic rings. The minimum absolute atomic E-state index is 0.640. The molecule has 0 rings (SSSR count). The molecular weight excluding hydrogens is 272 g/mol. The quantitative estimate of drug-likeness (QED) is 0.551. The van der Waals surface area contributed by atoms with Crippen LogP contribution < -0.4 is 0 Å². The van der Waals surface area contributed by atoms with E-state index in [2.05, 4.69) is 34.1 Å². The van der Waals surface area contributed by atoms with E-state index >= 15 is 0 Å². The van der Waals surface area contributed by atoms with Gasteiger partial charge < -0.3 is 0 Å². The molecule has 0 aromatic heterocycles. The van der Waals surface area contributed by atoms with Crippen molar-refractivity contribution in [1.82, 2.24) is 0 Å². The Morgan fingerprint density at radius 3 is 1.75 bits per heavy atom. The summed E-state index contributed by atoms with van der Waals surface area (Å²) in [5.74, 6) is 0. The molecule has 0 spiro atoms. The number of rotatable bonds is 4. The summed E-state index contributed by atoms with van der Waals surface area (Å²) in [6.07, 6.45) is 2.85. The summed E-state index contributed by atoms with van der Waals surface area (Å²) in [5, 5.41) is 3.17. The molecule has 0 aliphatic rings. The first-order valence-corrected chi connectivity index (χ1v) is 14.3. The molecule has 0 fully saturated rings. The molecule has 0 aromatic carbocycles. The molecule has 0 radical (unpaired) electrons. The SMILES string of the molecule is CC[CH2][GeH]([I])[CH2]CC. The summed E-state index contributed by atoms with van der Waals surface area (Å²) in [7, 11) is 0. The normalized spacial score (nSPS) is 10.5. The van der Waals surface area contributed by atoms with Gasteiger partial charge in [0.25, 0.3) is 0 Å². The van der Waals surface area contributed by atoms with Crippen LogP contribution in [0.5, 0.6) is 0 Å². The van der Waals surface area contributed by atoms with Crippen molar-refractivity contribution in [3.8, 4) is 0 Å². The molecule has 8 heavy (non-hydrogen) atoms. The molecule has 0 unspecified atom stereocenters.